The molecule has 0 saturated heterocycles. The second kappa shape index (κ2) is 12.6. The maximum atomic E-state index is 2.60. The van der Waals surface area contributed by atoms with Gasteiger partial charge >= 0.3 is 0 Å². The molecule has 4 aliphatic rings. The molecule has 4 atom stereocenters. The van der Waals surface area contributed by atoms with Crippen LogP contribution in [0.4, 0.5) is 11.4 Å². The minimum atomic E-state index is -0.218. The van der Waals surface area contributed by atoms with Crippen molar-refractivity contribution in [3.63, 3.8) is 0 Å². The average molecular weight is 699 g/mol. The van der Waals surface area contributed by atoms with Crippen LogP contribution < -0.4 is 4.90 Å². The molecule has 54 heavy (non-hydrogen) atoms. The Balaban J connectivity index is 1.00. The van der Waals surface area contributed by atoms with Crippen molar-refractivity contribution in [3.8, 4) is 11.1 Å². The molecule has 0 bridgehead atoms. The standard InChI is InChI=1S/C52H46N2/c1-51(2)47-20-12-10-18-43(47)44-32-33-52(3,35-48(44)51)54(41-16-8-5-9-17-41)42-29-24-38(25-30-42)39-26-31-50-46(34-39)45-19-11-13-21-49(45)53(50)40-27-22-37(23-28-40)36-14-6-4-7-15-36/h4-22,24-32,34-35,37,43,47H,23,33H2,1-3H3. The third-order valence-corrected chi connectivity index (χ3v) is 12.7. The molecule has 4 unspecified atom stereocenters. The number of allylic oxidation sites excluding steroid dienone is 10. The molecule has 0 amide bonds. The second-order valence-electron chi connectivity index (χ2n) is 16.4. The molecule has 0 N–H and O–H groups in total. The van der Waals surface area contributed by atoms with Crippen LogP contribution in [-0.4, -0.2) is 10.1 Å². The zero-order valence-electron chi connectivity index (χ0n) is 31.4. The lowest BCUT2D eigenvalue weighted by molar-refractivity contribution is 0.331. The Bertz CT molecular complexity index is 2590. The smallest absolute Gasteiger partial charge is 0.0645 e. The lowest BCUT2D eigenvalue weighted by Gasteiger charge is -2.44. The van der Waals surface area contributed by atoms with Gasteiger partial charge in [0, 0.05) is 39.7 Å². The van der Waals surface area contributed by atoms with Crippen molar-refractivity contribution >= 4 is 38.9 Å². The van der Waals surface area contributed by atoms with E-state index >= 15 is 0 Å². The summed E-state index contributed by atoms with van der Waals surface area (Å²) in [5.74, 6) is 1.39. The first-order chi connectivity index (χ1) is 26.4. The van der Waals surface area contributed by atoms with Gasteiger partial charge in [0.25, 0.3) is 0 Å². The molecular weight excluding hydrogens is 653 g/mol. The van der Waals surface area contributed by atoms with Crippen LogP contribution in [0.1, 0.15) is 45.1 Å². The fourth-order valence-electron chi connectivity index (χ4n) is 9.95. The monoisotopic (exact) mass is 698 g/mol. The summed E-state index contributed by atoms with van der Waals surface area (Å²) in [5, 5.41) is 2.57. The van der Waals surface area contributed by atoms with E-state index < -0.39 is 0 Å². The quantitative estimate of drug-likeness (QED) is 0.168. The van der Waals surface area contributed by atoms with E-state index in [1.54, 1.807) is 0 Å². The highest BCUT2D eigenvalue weighted by Gasteiger charge is 2.50. The third kappa shape index (κ3) is 5.22. The fraction of sp³-hybridized carbons (Fsp3) is 0.192. The molecule has 2 nitrogen and oxygen atoms in total. The van der Waals surface area contributed by atoms with Gasteiger partial charge in [-0.2, -0.15) is 0 Å². The summed E-state index contributed by atoms with van der Waals surface area (Å²) >= 11 is 0. The molecule has 5 aromatic carbocycles. The molecule has 1 aromatic heterocycles. The first-order valence-electron chi connectivity index (χ1n) is 19.6. The minimum absolute atomic E-state index is 0.0712. The van der Waals surface area contributed by atoms with Gasteiger partial charge in [-0.1, -0.05) is 147 Å². The number of aromatic nitrogens is 1. The Labute approximate surface area is 319 Å². The van der Waals surface area contributed by atoms with Gasteiger partial charge in [-0.15, -0.1) is 0 Å². The summed E-state index contributed by atoms with van der Waals surface area (Å²) in [6, 6.07) is 46.9. The van der Waals surface area contributed by atoms with Gasteiger partial charge in [-0.25, -0.2) is 0 Å². The van der Waals surface area contributed by atoms with Gasteiger partial charge in [0.1, 0.15) is 0 Å². The molecule has 10 rings (SSSR count). The van der Waals surface area contributed by atoms with E-state index in [-0.39, 0.29) is 11.0 Å². The van der Waals surface area contributed by atoms with Gasteiger partial charge in [0.2, 0.25) is 0 Å². The van der Waals surface area contributed by atoms with Crippen LogP contribution in [0.2, 0.25) is 0 Å². The van der Waals surface area contributed by atoms with Crippen LogP contribution in [0.3, 0.4) is 0 Å². The first-order valence-corrected chi connectivity index (χ1v) is 19.6. The van der Waals surface area contributed by atoms with E-state index in [1.165, 1.54) is 66.7 Å². The molecule has 264 valence electrons. The fourth-order valence-corrected chi connectivity index (χ4v) is 9.95. The lowest BCUT2D eigenvalue weighted by Crippen LogP contribution is -2.43. The number of fused-ring (bicyclic) bond motifs is 6. The molecule has 0 spiro atoms. The van der Waals surface area contributed by atoms with Crippen molar-refractivity contribution in [2.75, 3.05) is 4.90 Å². The van der Waals surface area contributed by atoms with Crippen molar-refractivity contribution in [2.24, 2.45) is 17.3 Å². The summed E-state index contributed by atoms with van der Waals surface area (Å²) in [7, 11) is 0. The van der Waals surface area contributed by atoms with Crippen molar-refractivity contribution in [1.82, 2.24) is 4.57 Å². The van der Waals surface area contributed by atoms with Crippen LogP contribution in [0.5, 0.6) is 0 Å². The Morgan fingerprint density at radius 3 is 2.09 bits per heavy atom. The highest BCUT2D eigenvalue weighted by molar-refractivity contribution is 6.11. The predicted molar refractivity (Wildman–Crippen MR) is 229 cm³/mol. The maximum absolute atomic E-state index is 2.60. The highest BCUT2D eigenvalue weighted by atomic mass is 15.2. The van der Waals surface area contributed by atoms with E-state index in [1.807, 2.05) is 0 Å². The molecule has 1 fully saturated rings. The van der Waals surface area contributed by atoms with E-state index in [2.05, 4.69) is 212 Å². The lowest BCUT2D eigenvalue weighted by atomic mass is 9.73. The number of hydrogen-bond acceptors (Lipinski definition) is 1. The molecule has 0 radical (unpaired) electrons. The maximum Gasteiger partial charge on any atom is 0.0645 e. The normalized spacial score (nSPS) is 23.8. The average Bonchev–Trinajstić information content (AvgIpc) is 3.66. The zero-order valence-corrected chi connectivity index (χ0v) is 31.4. The Morgan fingerprint density at radius 2 is 1.31 bits per heavy atom. The number of para-hydroxylation sites is 2. The summed E-state index contributed by atoms with van der Waals surface area (Å²) in [5.41, 5.74) is 12.9. The zero-order chi connectivity index (χ0) is 36.4. The molecule has 4 aliphatic carbocycles. The number of rotatable bonds is 6. The third-order valence-electron chi connectivity index (χ3n) is 12.7. The highest BCUT2D eigenvalue weighted by Crippen LogP contribution is 2.58. The van der Waals surface area contributed by atoms with Crippen LogP contribution in [-0.2, 0) is 0 Å². The largest absolute Gasteiger partial charge is 0.332 e. The van der Waals surface area contributed by atoms with Gasteiger partial charge < -0.3 is 9.47 Å². The molecule has 2 heteroatoms. The van der Waals surface area contributed by atoms with Crippen molar-refractivity contribution < 1.29 is 0 Å². The topological polar surface area (TPSA) is 8.17 Å². The molecule has 6 aromatic rings. The SMILES string of the molecule is CC1(C)C2=CC(C)(N(c3ccccc3)c3ccc(-c4ccc5c(c4)c4ccccc4n5C4=CCC(c5ccccc5)C=C4)cc3)CC=C2C2C=CC=CC21. The van der Waals surface area contributed by atoms with Crippen LogP contribution in [0, 0.1) is 17.3 Å². The van der Waals surface area contributed by atoms with Gasteiger partial charge in [0.05, 0.1) is 16.6 Å². The Hall–Kier alpha value is -5.86. The van der Waals surface area contributed by atoms with Crippen LogP contribution in [0.25, 0.3) is 38.6 Å². The molecular formula is C52H46N2. The molecule has 0 aliphatic heterocycles. The number of nitrogens with zero attached hydrogens (tertiary/aromatic N) is 2. The summed E-state index contributed by atoms with van der Waals surface area (Å²) in [6.45, 7) is 7.29. The summed E-state index contributed by atoms with van der Waals surface area (Å²) in [6.07, 6.45) is 23.5. The van der Waals surface area contributed by atoms with Gasteiger partial charge in [-0.3, -0.25) is 0 Å². The number of benzene rings is 5. The van der Waals surface area contributed by atoms with E-state index in [0.717, 1.165) is 12.8 Å². The molecule has 1 heterocycles. The summed E-state index contributed by atoms with van der Waals surface area (Å²) < 4.78 is 2.44. The second-order valence-corrected chi connectivity index (χ2v) is 16.4. The van der Waals surface area contributed by atoms with Gasteiger partial charge in [-0.05, 0) is 107 Å². The Morgan fingerprint density at radius 1 is 0.630 bits per heavy atom. The number of anilines is 2. The number of hydrogen-bond donors (Lipinski definition) is 0. The van der Waals surface area contributed by atoms with Crippen molar-refractivity contribution in [1.29, 1.82) is 0 Å². The van der Waals surface area contributed by atoms with Crippen LogP contribution in [0.15, 0.2) is 193 Å². The molecule has 1 saturated carbocycles. The first kappa shape index (κ1) is 32.8. The van der Waals surface area contributed by atoms with Crippen LogP contribution >= 0.6 is 0 Å². The van der Waals surface area contributed by atoms with E-state index in [9.17, 15) is 0 Å². The van der Waals surface area contributed by atoms with E-state index in [4.69, 9.17) is 0 Å². The minimum Gasteiger partial charge on any atom is -0.332 e. The van der Waals surface area contributed by atoms with Crippen molar-refractivity contribution in [2.45, 2.75) is 45.1 Å². The predicted octanol–water partition coefficient (Wildman–Crippen LogP) is 13.6. The van der Waals surface area contributed by atoms with Crippen molar-refractivity contribution in [3.05, 3.63) is 199 Å². The summed E-state index contributed by atoms with van der Waals surface area (Å²) in [4.78, 5) is 2.56. The van der Waals surface area contributed by atoms with Gasteiger partial charge in [0.15, 0.2) is 0 Å². The van der Waals surface area contributed by atoms with E-state index in [0.29, 0.717) is 17.8 Å². The Kier molecular flexibility index (Phi) is 7.66.